The van der Waals surface area contributed by atoms with Crippen molar-refractivity contribution in [3.63, 3.8) is 0 Å². The van der Waals surface area contributed by atoms with E-state index in [4.69, 9.17) is 4.74 Å². The number of amides is 1. The molecule has 1 unspecified atom stereocenters. The predicted molar refractivity (Wildman–Crippen MR) is 92.5 cm³/mol. The SMILES string of the molecule is O=C(NCC1(O)CCCCC1)C1CN(Cc2ccccc2)CCO1. The molecule has 1 amide bonds. The van der Waals surface area contributed by atoms with Gasteiger partial charge in [0.2, 0.25) is 0 Å². The maximum atomic E-state index is 12.4. The Kier molecular flexibility index (Phi) is 5.87. The van der Waals surface area contributed by atoms with E-state index in [1.807, 2.05) is 18.2 Å². The molecular formula is C19H28N2O3. The van der Waals surface area contributed by atoms with Crippen LogP contribution in [0.3, 0.4) is 0 Å². The molecule has 5 heteroatoms. The van der Waals surface area contributed by atoms with Crippen LogP contribution < -0.4 is 5.32 Å². The number of carbonyl (C=O) groups is 1. The zero-order chi connectivity index (χ0) is 16.8. The summed E-state index contributed by atoms with van der Waals surface area (Å²) in [6, 6.07) is 10.3. The minimum atomic E-state index is -0.730. The van der Waals surface area contributed by atoms with Crippen LogP contribution in [0, 0.1) is 0 Å². The highest BCUT2D eigenvalue weighted by molar-refractivity contribution is 5.81. The summed E-state index contributed by atoms with van der Waals surface area (Å²) in [6.07, 6.45) is 4.36. The molecule has 1 atom stereocenters. The third-order valence-corrected chi connectivity index (χ3v) is 5.07. The van der Waals surface area contributed by atoms with Crippen molar-refractivity contribution in [3.8, 4) is 0 Å². The van der Waals surface area contributed by atoms with Crippen molar-refractivity contribution in [3.05, 3.63) is 35.9 Å². The molecule has 0 spiro atoms. The normalized spacial score (nSPS) is 24.5. The molecule has 1 saturated carbocycles. The summed E-state index contributed by atoms with van der Waals surface area (Å²) in [7, 11) is 0. The van der Waals surface area contributed by atoms with Crippen LogP contribution in [0.4, 0.5) is 0 Å². The zero-order valence-electron chi connectivity index (χ0n) is 14.2. The number of morpholine rings is 1. The van der Waals surface area contributed by atoms with Gasteiger partial charge in [-0.05, 0) is 18.4 Å². The smallest absolute Gasteiger partial charge is 0.250 e. The van der Waals surface area contributed by atoms with Crippen molar-refractivity contribution >= 4 is 5.91 Å². The molecule has 1 saturated heterocycles. The second-order valence-electron chi connectivity index (χ2n) is 7.08. The second-order valence-corrected chi connectivity index (χ2v) is 7.08. The summed E-state index contributed by atoms with van der Waals surface area (Å²) in [4.78, 5) is 14.7. The lowest BCUT2D eigenvalue weighted by atomic mass is 9.85. The van der Waals surface area contributed by atoms with E-state index < -0.39 is 11.7 Å². The predicted octanol–water partition coefficient (Wildman–Crippen LogP) is 1.70. The first-order valence-corrected chi connectivity index (χ1v) is 9.03. The Morgan fingerprint density at radius 2 is 2.00 bits per heavy atom. The van der Waals surface area contributed by atoms with Gasteiger partial charge in [-0.2, -0.15) is 0 Å². The molecule has 24 heavy (non-hydrogen) atoms. The van der Waals surface area contributed by atoms with Gasteiger partial charge in [0.25, 0.3) is 5.91 Å². The quantitative estimate of drug-likeness (QED) is 0.861. The highest BCUT2D eigenvalue weighted by Crippen LogP contribution is 2.27. The first-order valence-electron chi connectivity index (χ1n) is 9.03. The molecule has 1 heterocycles. The third kappa shape index (κ3) is 4.79. The number of nitrogens with zero attached hydrogens (tertiary/aromatic N) is 1. The van der Waals surface area contributed by atoms with Crippen LogP contribution in [0.2, 0.25) is 0 Å². The zero-order valence-corrected chi connectivity index (χ0v) is 14.2. The van der Waals surface area contributed by atoms with Crippen molar-refractivity contribution in [2.24, 2.45) is 0 Å². The minimum Gasteiger partial charge on any atom is -0.388 e. The number of hydrogen-bond donors (Lipinski definition) is 2. The summed E-state index contributed by atoms with van der Waals surface area (Å²) >= 11 is 0. The number of nitrogens with one attached hydrogen (secondary N) is 1. The maximum Gasteiger partial charge on any atom is 0.250 e. The van der Waals surface area contributed by atoms with Crippen molar-refractivity contribution in [1.82, 2.24) is 10.2 Å². The molecule has 2 fully saturated rings. The van der Waals surface area contributed by atoms with Crippen molar-refractivity contribution in [1.29, 1.82) is 0 Å². The largest absolute Gasteiger partial charge is 0.388 e. The molecule has 1 aliphatic heterocycles. The summed E-state index contributed by atoms with van der Waals surface area (Å²) in [6.45, 7) is 3.17. The van der Waals surface area contributed by atoms with Crippen molar-refractivity contribution in [2.75, 3.05) is 26.2 Å². The van der Waals surface area contributed by atoms with Gasteiger partial charge >= 0.3 is 0 Å². The molecule has 5 nitrogen and oxygen atoms in total. The van der Waals surface area contributed by atoms with Gasteiger partial charge in [-0.3, -0.25) is 9.69 Å². The Labute approximate surface area is 144 Å². The number of rotatable bonds is 5. The van der Waals surface area contributed by atoms with Gasteiger partial charge in [-0.25, -0.2) is 0 Å². The molecule has 132 valence electrons. The molecular weight excluding hydrogens is 304 g/mol. The Bertz CT molecular complexity index is 529. The molecule has 0 aromatic heterocycles. The summed E-state index contributed by atoms with van der Waals surface area (Å²) in [5.74, 6) is -0.105. The van der Waals surface area contributed by atoms with E-state index in [0.29, 0.717) is 19.7 Å². The number of aliphatic hydroxyl groups is 1. The van der Waals surface area contributed by atoms with Gasteiger partial charge in [-0.1, -0.05) is 49.6 Å². The number of benzene rings is 1. The standard InChI is InChI=1S/C19H28N2O3/c22-18(20-15-19(23)9-5-2-6-10-19)17-14-21(11-12-24-17)13-16-7-3-1-4-8-16/h1,3-4,7-8,17,23H,2,5-6,9-15H2,(H,20,22). The fourth-order valence-corrected chi connectivity index (χ4v) is 3.60. The Hall–Kier alpha value is -1.43. The molecule has 1 aromatic rings. The number of ether oxygens (including phenoxy) is 1. The van der Waals surface area contributed by atoms with E-state index in [1.165, 1.54) is 12.0 Å². The first kappa shape index (κ1) is 17.4. The van der Waals surface area contributed by atoms with Crippen LogP contribution in [-0.2, 0) is 16.1 Å². The lowest BCUT2D eigenvalue weighted by Gasteiger charge is -2.35. The van der Waals surface area contributed by atoms with Crippen LogP contribution in [0.1, 0.15) is 37.7 Å². The van der Waals surface area contributed by atoms with E-state index >= 15 is 0 Å². The first-order chi connectivity index (χ1) is 11.6. The average molecular weight is 332 g/mol. The topological polar surface area (TPSA) is 61.8 Å². The van der Waals surface area contributed by atoms with Crippen LogP contribution >= 0.6 is 0 Å². The summed E-state index contributed by atoms with van der Waals surface area (Å²) in [5.41, 5.74) is 0.516. The molecule has 0 bridgehead atoms. The van der Waals surface area contributed by atoms with Crippen LogP contribution in [0.25, 0.3) is 0 Å². The molecule has 1 aliphatic carbocycles. The van der Waals surface area contributed by atoms with Crippen LogP contribution in [0.15, 0.2) is 30.3 Å². The molecule has 2 N–H and O–H groups in total. The molecule has 1 aromatic carbocycles. The fourth-order valence-electron chi connectivity index (χ4n) is 3.60. The fraction of sp³-hybridized carbons (Fsp3) is 0.632. The molecule has 2 aliphatic rings. The van der Waals surface area contributed by atoms with Crippen molar-refractivity contribution in [2.45, 2.75) is 50.4 Å². The van der Waals surface area contributed by atoms with E-state index in [0.717, 1.165) is 38.8 Å². The average Bonchev–Trinajstić information content (AvgIpc) is 2.61. The van der Waals surface area contributed by atoms with E-state index in [-0.39, 0.29) is 5.91 Å². The number of hydrogen-bond acceptors (Lipinski definition) is 4. The molecule has 0 radical (unpaired) electrons. The van der Waals surface area contributed by atoms with Gasteiger partial charge in [0.15, 0.2) is 0 Å². The second kappa shape index (κ2) is 8.10. The van der Waals surface area contributed by atoms with E-state index in [2.05, 4.69) is 22.3 Å². The Morgan fingerprint density at radius 1 is 1.25 bits per heavy atom. The lowest BCUT2D eigenvalue weighted by Crippen LogP contribution is -2.52. The van der Waals surface area contributed by atoms with E-state index in [1.54, 1.807) is 0 Å². The van der Waals surface area contributed by atoms with Crippen LogP contribution in [-0.4, -0.2) is 53.9 Å². The highest BCUT2D eigenvalue weighted by Gasteiger charge is 2.32. The Balaban J connectivity index is 1.48. The maximum absolute atomic E-state index is 12.4. The highest BCUT2D eigenvalue weighted by atomic mass is 16.5. The van der Waals surface area contributed by atoms with Gasteiger partial charge in [0.1, 0.15) is 6.10 Å². The molecule has 3 rings (SSSR count). The summed E-state index contributed by atoms with van der Waals surface area (Å²) in [5, 5.41) is 13.4. The Morgan fingerprint density at radius 3 is 2.75 bits per heavy atom. The third-order valence-electron chi connectivity index (χ3n) is 5.07. The van der Waals surface area contributed by atoms with Crippen LogP contribution in [0.5, 0.6) is 0 Å². The van der Waals surface area contributed by atoms with Gasteiger partial charge < -0.3 is 15.2 Å². The minimum absolute atomic E-state index is 0.105. The summed E-state index contributed by atoms with van der Waals surface area (Å²) < 4.78 is 5.65. The van der Waals surface area contributed by atoms with Crippen molar-refractivity contribution < 1.29 is 14.6 Å². The van der Waals surface area contributed by atoms with Gasteiger partial charge in [0.05, 0.1) is 12.2 Å². The van der Waals surface area contributed by atoms with Gasteiger partial charge in [-0.15, -0.1) is 0 Å². The number of carbonyl (C=O) groups excluding carboxylic acids is 1. The monoisotopic (exact) mass is 332 g/mol. The lowest BCUT2D eigenvalue weighted by molar-refractivity contribution is -0.140. The van der Waals surface area contributed by atoms with Gasteiger partial charge in [0, 0.05) is 26.2 Å². The van der Waals surface area contributed by atoms with E-state index in [9.17, 15) is 9.90 Å².